The molecule has 0 aliphatic rings. The van der Waals surface area contributed by atoms with Gasteiger partial charge >= 0.3 is 5.97 Å². The van der Waals surface area contributed by atoms with Gasteiger partial charge in [0.05, 0.1) is 19.8 Å². The lowest BCUT2D eigenvalue weighted by molar-refractivity contribution is -0.144. The fourth-order valence-electron chi connectivity index (χ4n) is 2.02. The Hall–Kier alpha value is -1.55. The zero-order valence-electron chi connectivity index (χ0n) is 13.6. The lowest BCUT2D eigenvalue weighted by Gasteiger charge is -2.19. The summed E-state index contributed by atoms with van der Waals surface area (Å²) >= 11 is 0. The summed E-state index contributed by atoms with van der Waals surface area (Å²) in [5.74, 6) is 0.751. The van der Waals surface area contributed by atoms with Crippen LogP contribution >= 0.6 is 0 Å². The van der Waals surface area contributed by atoms with E-state index >= 15 is 0 Å². The van der Waals surface area contributed by atoms with Gasteiger partial charge in [0.25, 0.3) is 0 Å². The molecule has 1 aromatic carbocycles. The fourth-order valence-corrected chi connectivity index (χ4v) is 2.02. The van der Waals surface area contributed by atoms with E-state index in [-0.39, 0.29) is 5.97 Å². The minimum Gasteiger partial charge on any atom is -0.494 e. The minimum absolute atomic E-state index is 0.158. The van der Waals surface area contributed by atoms with E-state index < -0.39 is 0 Å². The molecule has 0 aliphatic carbocycles. The van der Waals surface area contributed by atoms with Crippen LogP contribution in [0, 0.1) is 13.8 Å². The number of likely N-dealkylation sites (N-methyl/N-ethyl adjacent to an activating group) is 1. The van der Waals surface area contributed by atoms with E-state index in [1.807, 2.05) is 19.9 Å². The molecule has 0 saturated carbocycles. The molecule has 0 spiro atoms. The Bertz CT molecular complexity index is 446. The number of rotatable bonds is 9. The smallest absolute Gasteiger partial charge is 0.320 e. The van der Waals surface area contributed by atoms with Crippen LogP contribution in [0.5, 0.6) is 5.75 Å². The predicted octanol–water partition coefficient (Wildman–Crippen LogP) is 2.96. The highest BCUT2D eigenvalue weighted by molar-refractivity contribution is 5.71. The van der Waals surface area contributed by atoms with Crippen LogP contribution in [0.1, 0.15) is 31.4 Å². The van der Waals surface area contributed by atoms with Gasteiger partial charge in [0.2, 0.25) is 0 Å². The molecule has 0 saturated heterocycles. The summed E-state index contributed by atoms with van der Waals surface area (Å²) in [6, 6.07) is 6.13. The Kier molecular flexibility index (Phi) is 7.83. The third-order valence-electron chi connectivity index (χ3n) is 3.47. The van der Waals surface area contributed by atoms with Crippen molar-refractivity contribution in [3.63, 3.8) is 0 Å². The number of benzene rings is 1. The summed E-state index contributed by atoms with van der Waals surface area (Å²) in [4.78, 5) is 13.5. The molecule has 0 unspecified atom stereocenters. The van der Waals surface area contributed by atoms with E-state index in [1.54, 1.807) is 0 Å². The molecule has 0 fully saturated rings. The summed E-state index contributed by atoms with van der Waals surface area (Å²) < 4.78 is 10.7. The fraction of sp³-hybridized carbons (Fsp3) is 0.588. The van der Waals surface area contributed by atoms with E-state index in [0.717, 1.165) is 25.3 Å². The molecule has 0 radical (unpaired) electrons. The molecule has 118 valence electrons. The summed E-state index contributed by atoms with van der Waals surface area (Å²) in [6.07, 6.45) is 0.889. The van der Waals surface area contributed by atoms with Crippen molar-refractivity contribution in [1.82, 2.24) is 4.90 Å². The summed E-state index contributed by atoms with van der Waals surface area (Å²) in [6.45, 7) is 11.2. The van der Waals surface area contributed by atoms with Crippen molar-refractivity contribution >= 4 is 5.97 Å². The van der Waals surface area contributed by atoms with E-state index in [4.69, 9.17) is 9.47 Å². The predicted molar refractivity (Wildman–Crippen MR) is 84.8 cm³/mol. The van der Waals surface area contributed by atoms with Gasteiger partial charge in [-0.2, -0.15) is 0 Å². The molecular formula is C17H27NO3. The van der Waals surface area contributed by atoms with Gasteiger partial charge in [0, 0.05) is 6.54 Å². The van der Waals surface area contributed by atoms with Crippen molar-refractivity contribution in [1.29, 1.82) is 0 Å². The molecule has 0 aromatic heterocycles. The first kappa shape index (κ1) is 17.5. The maximum atomic E-state index is 11.4. The van der Waals surface area contributed by atoms with Crippen LogP contribution in [0.25, 0.3) is 0 Å². The quantitative estimate of drug-likeness (QED) is 0.518. The number of hydrogen-bond acceptors (Lipinski definition) is 4. The lowest BCUT2D eigenvalue weighted by atomic mass is 10.1. The van der Waals surface area contributed by atoms with Gasteiger partial charge in [-0.3, -0.25) is 9.69 Å². The van der Waals surface area contributed by atoms with Crippen molar-refractivity contribution in [3.05, 3.63) is 29.3 Å². The van der Waals surface area contributed by atoms with Gasteiger partial charge in [0.1, 0.15) is 5.75 Å². The van der Waals surface area contributed by atoms with Crippen molar-refractivity contribution in [2.45, 2.75) is 34.1 Å². The Morgan fingerprint density at radius 2 is 1.95 bits per heavy atom. The molecule has 0 amide bonds. The average molecular weight is 293 g/mol. The number of carbonyl (C=O) groups is 1. The molecular weight excluding hydrogens is 266 g/mol. The summed E-state index contributed by atoms with van der Waals surface area (Å²) in [5.41, 5.74) is 2.51. The normalized spacial score (nSPS) is 10.7. The second-order valence-corrected chi connectivity index (χ2v) is 5.12. The van der Waals surface area contributed by atoms with Crippen LogP contribution in [0.2, 0.25) is 0 Å². The van der Waals surface area contributed by atoms with E-state index in [0.29, 0.717) is 19.8 Å². The maximum absolute atomic E-state index is 11.4. The highest BCUT2D eigenvalue weighted by Gasteiger charge is 2.09. The highest BCUT2D eigenvalue weighted by Crippen LogP contribution is 2.16. The molecule has 1 rings (SSSR count). The van der Waals surface area contributed by atoms with Crippen LogP contribution in [0.4, 0.5) is 0 Å². The van der Waals surface area contributed by atoms with Gasteiger partial charge in [-0.15, -0.1) is 0 Å². The van der Waals surface area contributed by atoms with Crippen LogP contribution in [0.3, 0.4) is 0 Å². The van der Waals surface area contributed by atoms with E-state index in [1.165, 1.54) is 11.1 Å². The maximum Gasteiger partial charge on any atom is 0.320 e. The SMILES string of the molecule is CCOC(=O)CN(CC)CCCOc1ccc(C)c(C)c1. The molecule has 0 N–H and O–H groups in total. The number of nitrogens with zero attached hydrogens (tertiary/aromatic N) is 1. The lowest BCUT2D eigenvalue weighted by Crippen LogP contribution is -2.32. The zero-order chi connectivity index (χ0) is 15.7. The third-order valence-corrected chi connectivity index (χ3v) is 3.47. The van der Waals surface area contributed by atoms with Crippen molar-refractivity contribution in [2.75, 3.05) is 32.8 Å². The van der Waals surface area contributed by atoms with Crippen molar-refractivity contribution < 1.29 is 14.3 Å². The highest BCUT2D eigenvalue weighted by atomic mass is 16.5. The number of ether oxygens (including phenoxy) is 2. The average Bonchev–Trinajstić information content (AvgIpc) is 2.46. The number of esters is 1. The topological polar surface area (TPSA) is 38.8 Å². The molecule has 0 heterocycles. The standard InChI is InChI=1S/C17H27NO3/c1-5-18(13-17(19)20-6-2)10-7-11-21-16-9-8-14(3)15(4)12-16/h8-9,12H,5-7,10-11,13H2,1-4H3. The Labute approximate surface area is 128 Å². The second kappa shape index (κ2) is 9.40. The first-order chi connectivity index (χ1) is 10.1. The number of aryl methyl sites for hydroxylation is 2. The summed E-state index contributed by atoms with van der Waals surface area (Å²) in [7, 11) is 0. The Morgan fingerprint density at radius 1 is 1.19 bits per heavy atom. The molecule has 4 nitrogen and oxygen atoms in total. The van der Waals surface area contributed by atoms with Crippen LogP contribution in [-0.4, -0.2) is 43.7 Å². The summed E-state index contributed by atoms with van der Waals surface area (Å²) in [5, 5.41) is 0. The molecule has 0 bridgehead atoms. The Balaban J connectivity index is 2.28. The first-order valence-corrected chi connectivity index (χ1v) is 7.64. The molecule has 4 heteroatoms. The van der Waals surface area contributed by atoms with Crippen molar-refractivity contribution in [3.8, 4) is 5.75 Å². The van der Waals surface area contributed by atoms with Crippen LogP contribution in [-0.2, 0) is 9.53 Å². The third kappa shape index (κ3) is 6.63. The second-order valence-electron chi connectivity index (χ2n) is 5.12. The molecule has 0 atom stereocenters. The number of carbonyl (C=O) groups excluding carboxylic acids is 1. The monoisotopic (exact) mass is 293 g/mol. The van der Waals surface area contributed by atoms with E-state index in [2.05, 4.69) is 30.9 Å². The largest absolute Gasteiger partial charge is 0.494 e. The van der Waals surface area contributed by atoms with Gasteiger partial charge in [-0.05, 0) is 57.0 Å². The van der Waals surface area contributed by atoms with Crippen molar-refractivity contribution in [2.24, 2.45) is 0 Å². The van der Waals surface area contributed by atoms with Gasteiger partial charge < -0.3 is 9.47 Å². The van der Waals surface area contributed by atoms with Gasteiger partial charge in [0.15, 0.2) is 0 Å². The molecule has 1 aromatic rings. The van der Waals surface area contributed by atoms with Gasteiger partial charge in [-0.1, -0.05) is 13.0 Å². The molecule has 0 aliphatic heterocycles. The first-order valence-electron chi connectivity index (χ1n) is 7.64. The Morgan fingerprint density at radius 3 is 2.57 bits per heavy atom. The minimum atomic E-state index is -0.158. The molecule has 21 heavy (non-hydrogen) atoms. The van der Waals surface area contributed by atoms with E-state index in [9.17, 15) is 4.79 Å². The van der Waals surface area contributed by atoms with Crippen LogP contribution in [0.15, 0.2) is 18.2 Å². The zero-order valence-corrected chi connectivity index (χ0v) is 13.6. The van der Waals surface area contributed by atoms with Crippen LogP contribution < -0.4 is 4.74 Å². The number of hydrogen-bond donors (Lipinski definition) is 0. The van der Waals surface area contributed by atoms with Gasteiger partial charge in [-0.25, -0.2) is 0 Å².